The maximum atomic E-state index is 13.7. The van der Waals surface area contributed by atoms with Gasteiger partial charge in [-0.05, 0) is 30.3 Å². The number of rotatable bonds is 3. The standard InChI is InChI=1S/C13H10BrFN2O2/c14-7-2-1-3-8(4-7)17-12-5-9(13(18)19)11(16)6-10(12)15/h1-6,17H,16H2,(H,18,19). The molecule has 0 aromatic heterocycles. The second-order valence-corrected chi connectivity index (χ2v) is 4.78. The Morgan fingerprint density at radius 2 is 2.05 bits per heavy atom. The lowest BCUT2D eigenvalue weighted by atomic mass is 10.1. The van der Waals surface area contributed by atoms with Gasteiger partial charge in [0.1, 0.15) is 5.82 Å². The molecule has 0 radical (unpaired) electrons. The van der Waals surface area contributed by atoms with Crippen molar-refractivity contribution in [3.05, 3.63) is 52.3 Å². The molecular formula is C13H10BrFN2O2. The van der Waals surface area contributed by atoms with Gasteiger partial charge in [0.2, 0.25) is 0 Å². The summed E-state index contributed by atoms with van der Waals surface area (Å²) in [5, 5.41) is 11.8. The molecule has 6 heteroatoms. The van der Waals surface area contributed by atoms with Crippen LogP contribution < -0.4 is 11.1 Å². The van der Waals surface area contributed by atoms with Gasteiger partial charge in [-0.1, -0.05) is 22.0 Å². The van der Waals surface area contributed by atoms with Gasteiger partial charge in [-0.15, -0.1) is 0 Å². The molecule has 0 saturated heterocycles. The predicted octanol–water partition coefficient (Wildman–Crippen LogP) is 3.61. The van der Waals surface area contributed by atoms with Gasteiger partial charge in [0, 0.05) is 15.8 Å². The van der Waals surface area contributed by atoms with Crippen LogP contribution >= 0.6 is 15.9 Å². The van der Waals surface area contributed by atoms with E-state index in [0.717, 1.165) is 10.5 Å². The SMILES string of the molecule is Nc1cc(F)c(Nc2cccc(Br)c2)cc1C(=O)O. The number of anilines is 3. The van der Waals surface area contributed by atoms with Gasteiger partial charge in [-0.3, -0.25) is 0 Å². The van der Waals surface area contributed by atoms with Crippen molar-refractivity contribution >= 4 is 39.0 Å². The average Bonchev–Trinajstić information content (AvgIpc) is 2.32. The van der Waals surface area contributed by atoms with Gasteiger partial charge in [0.25, 0.3) is 0 Å². The second kappa shape index (κ2) is 5.27. The largest absolute Gasteiger partial charge is 0.478 e. The Morgan fingerprint density at radius 1 is 1.32 bits per heavy atom. The number of carboxylic acid groups (broad SMARTS) is 1. The van der Waals surface area contributed by atoms with E-state index in [4.69, 9.17) is 10.8 Å². The van der Waals surface area contributed by atoms with Gasteiger partial charge in [0.15, 0.2) is 0 Å². The summed E-state index contributed by atoms with van der Waals surface area (Å²) < 4.78 is 14.6. The molecule has 2 rings (SSSR count). The first-order valence-corrected chi connectivity index (χ1v) is 6.11. The van der Waals surface area contributed by atoms with E-state index < -0.39 is 11.8 Å². The van der Waals surface area contributed by atoms with E-state index in [9.17, 15) is 9.18 Å². The van der Waals surface area contributed by atoms with Crippen LogP contribution in [0, 0.1) is 5.82 Å². The summed E-state index contributed by atoms with van der Waals surface area (Å²) in [5.41, 5.74) is 5.90. The van der Waals surface area contributed by atoms with Crippen LogP contribution in [-0.2, 0) is 0 Å². The minimum atomic E-state index is -1.20. The van der Waals surface area contributed by atoms with Crippen LogP contribution in [0.3, 0.4) is 0 Å². The first-order valence-electron chi connectivity index (χ1n) is 5.32. The molecular weight excluding hydrogens is 315 g/mol. The fourth-order valence-corrected chi connectivity index (χ4v) is 1.99. The number of nitrogens with one attached hydrogen (secondary N) is 1. The Hall–Kier alpha value is -2.08. The van der Waals surface area contributed by atoms with Crippen LogP contribution in [0.15, 0.2) is 40.9 Å². The Bertz CT molecular complexity index is 647. The lowest BCUT2D eigenvalue weighted by molar-refractivity contribution is 0.0698. The Morgan fingerprint density at radius 3 is 2.68 bits per heavy atom. The first-order chi connectivity index (χ1) is 8.97. The monoisotopic (exact) mass is 324 g/mol. The van der Waals surface area contributed by atoms with Crippen LogP contribution in [-0.4, -0.2) is 11.1 Å². The Kier molecular flexibility index (Phi) is 3.71. The minimum absolute atomic E-state index is 0.0599. The maximum absolute atomic E-state index is 13.7. The van der Waals surface area contributed by atoms with Gasteiger partial charge in [0.05, 0.1) is 11.3 Å². The third-order valence-corrected chi connectivity index (χ3v) is 2.97. The van der Waals surface area contributed by atoms with Gasteiger partial charge >= 0.3 is 5.97 Å². The number of aromatic carboxylic acids is 1. The molecule has 4 nitrogen and oxygen atoms in total. The summed E-state index contributed by atoms with van der Waals surface area (Å²) in [7, 11) is 0. The smallest absolute Gasteiger partial charge is 0.337 e. The summed E-state index contributed by atoms with van der Waals surface area (Å²) in [6.07, 6.45) is 0. The maximum Gasteiger partial charge on any atom is 0.337 e. The molecule has 0 bridgehead atoms. The highest BCUT2D eigenvalue weighted by Gasteiger charge is 2.13. The number of hydrogen-bond acceptors (Lipinski definition) is 3. The van der Waals surface area contributed by atoms with Crippen LogP contribution in [0.4, 0.5) is 21.5 Å². The van der Waals surface area contributed by atoms with E-state index in [1.165, 1.54) is 6.07 Å². The highest BCUT2D eigenvalue weighted by molar-refractivity contribution is 9.10. The summed E-state index contributed by atoms with van der Waals surface area (Å²) in [6.45, 7) is 0. The zero-order valence-electron chi connectivity index (χ0n) is 9.65. The minimum Gasteiger partial charge on any atom is -0.478 e. The van der Waals surface area contributed by atoms with E-state index in [-0.39, 0.29) is 16.9 Å². The summed E-state index contributed by atoms with van der Waals surface area (Å²) in [6, 6.07) is 9.25. The van der Waals surface area contributed by atoms with Gasteiger partial charge in [-0.25, -0.2) is 9.18 Å². The fraction of sp³-hybridized carbons (Fsp3) is 0. The summed E-state index contributed by atoms with van der Waals surface area (Å²) in [4.78, 5) is 11.0. The number of carboxylic acids is 1. The molecule has 0 aliphatic heterocycles. The van der Waals surface area contributed by atoms with E-state index in [0.29, 0.717) is 5.69 Å². The van der Waals surface area contributed by atoms with E-state index in [1.54, 1.807) is 18.2 Å². The molecule has 0 saturated carbocycles. The van der Waals surface area contributed by atoms with Crippen LogP contribution in [0.5, 0.6) is 0 Å². The van der Waals surface area contributed by atoms with Gasteiger partial charge < -0.3 is 16.2 Å². The highest BCUT2D eigenvalue weighted by atomic mass is 79.9. The zero-order chi connectivity index (χ0) is 14.0. The number of nitrogen functional groups attached to an aromatic ring is 1. The van der Waals surface area contributed by atoms with E-state index in [2.05, 4.69) is 21.2 Å². The molecule has 4 N–H and O–H groups in total. The normalized spacial score (nSPS) is 10.2. The third-order valence-electron chi connectivity index (χ3n) is 2.47. The molecule has 0 fully saturated rings. The van der Waals surface area contributed by atoms with E-state index >= 15 is 0 Å². The van der Waals surface area contributed by atoms with Crippen molar-refractivity contribution in [3.63, 3.8) is 0 Å². The topological polar surface area (TPSA) is 75.3 Å². The van der Waals surface area contributed by atoms with Crippen molar-refractivity contribution in [2.75, 3.05) is 11.1 Å². The van der Waals surface area contributed by atoms with Crippen LogP contribution in [0.25, 0.3) is 0 Å². The molecule has 0 atom stereocenters. The second-order valence-electron chi connectivity index (χ2n) is 3.86. The van der Waals surface area contributed by atoms with Crippen molar-refractivity contribution in [1.82, 2.24) is 0 Å². The van der Waals surface area contributed by atoms with Crippen molar-refractivity contribution < 1.29 is 14.3 Å². The van der Waals surface area contributed by atoms with E-state index in [1.807, 2.05) is 6.07 Å². The first kappa shape index (κ1) is 13.4. The molecule has 0 aliphatic rings. The van der Waals surface area contributed by atoms with Crippen molar-refractivity contribution in [2.45, 2.75) is 0 Å². The lowest BCUT2D eigenvalue weighted by Crippen LogP contribution is -2.05. The van der Waals surface area contributed by atoms with Crippen LogP contribution in [0.2, 0.25) is 0 Å². The molecule has 0 aliphatic carbocycles. The summed E-state index contributed by atoms with van der Waals surface area (Å²) >= 11 is 3.30. The number of hydrogen-bond donors (Lipinski definition) is 3. The fourth-order valence-electron chi connectivity index (χ4n) is 1.59. The number of nitrogens with two attached hydrogens (primary N) is 1. The quantitative estimate of drug-likeness (QED) is 0.754. The lowest BCUT2D eigenvalue weighted by Gasteiger charge is -2.10. The van der Waals surface area contributed by atoms with Crippen molar-refractivity contribution in [2.24, 2.45) is 0 Å². The molecule has 0 spiro atoms. The third kappa shape index (κ3) is 3.03. The Balaban J connectivity index is 2.40. The average molecular weight is 325 g/mol. The van der Waals surface area contributed by atoms with Crippen LogP contribution in [0.1, 0.15) is 10.4 Å². The van der Waals surface area contributed by atoms with Crippen molar-refractivity contribution in [1.29, 1.82) is 0 Å². The zero-order valence-corrected chi connectivity index (χ0v) is 11.2. The number of benzene rings is 2. The number of carbonyl (C=O) groups is 1. The summed E-state index contributed by atoms with van der Waals surface area (Å²) in [5.74, 6) is -1.81. The molecule has 0 amide bonds. The van der Waals surface area contributed by atoms with Crippen molar-refractivity contribution in [3.8, 4) is 0 Å². The molecule has 0 heterocycles. The van der Waals surface area contributed by atoms with Gasteiger partial charge in [-0.2, -0.15) is 0 Å². The highest BCUT2D eigenvalue weighted by Crippen LogP contribution is 2.26. The predicted molar refractivity (Wildman–Crippen MR) is 75.2 cm³/mol. The molecule has 2 aromatic carbocycles. The Labute approximate surface area is 117 Å². The number of halogens is 2. The molecule has 2 aromatic rings. The molecule has 0 unspecified atom stereocenters. The molecule has 19 heavy (non-hydrogen) atoms. The molecule has 98 valence electrons.